The van der Waals surface area contributed by atoms with Gasteiger partial charge in [-0.3, -0.25) is 4.79 Å². The predicted octanol–water partition coefficient (Wildman–Crippen LogP) is 1.36. The summed E-state index contributed by atoms with van der Waals surface area (Å²) in [5.41, 5.74) is -0.793. The Hall–Kier alpha value is -0.320. The quantitative estimate of drug-likeness (QED) is 0.710. The average Bonchev–Trinajstić information content (AvgIpc) is 2.27. The Morgan fingerprint density at radius 1 is 1.53 bits per heavy atom. The number of nitrogens with one attached hydrogen (secondary N) is 1. The smallest absolute Gasteiger partial charge is 0.235 e. The van der Waals surface area contributed by atoms with E-state index in [1.165, 1.54) is 5.06 Å². The summed E-state index contributed by atoms with van der Waals surface area (Å²) in [6, 6.07) is -0.0799. The summed E-state index contributed by atoms with van der Waals surface area (Å²) >= 11 is 5.44. The van der Waals surface area contributed by atoms with Crippen LogP contribution in [0.1, 0.15) is 34.1 Å². The third-order valence-electron chi connectivity index (χ3n) is 3.13. The van der Waals surface area contributed by atoms with Gasteiger partial charge in [-0.2, -0.15) is 5.06 Å². The molecule has 0 aliphatic carbocycles. The fourth-order valence-electron chi connectivity index (χ4n) is 2.22. The molecule has 1 fully saturated rings. The van der Waals surface area contributed by atoms with Crippen LogP contribution in [0.3, 0.4) is 0 Å². The molecule has 4 nitrogen and oxygen atoms in total. The maximum atomic E-state index is 11.2. The van der Waals surface area contributed by atoms with E-state index in [0.717, 1.165) is 0 Å². The minimum Gasteiger partial charge on any atom is -0.350 e. The van der Waals surface area contributed by atoms with E-state index >= 15 is 0 Å². The Bertz CT molecular complexity index is 266. The molecule has 0 saturated carbocycles. The molecule has 0 aromatic heterocycles. The number of carbonyl (C=O) groups excluding carboxylic acids is 1. The van der Waals surface area contributed by atoms with Crippen LogP contribution in [0.5, 0.6) is 0 Å². The van der Waals surface area contributed by atoms with Gasteiger partial charge in [0.15, 0.2) is 0 Å². The lowest BCUT2D eigenvalue weighted by Gasteiger charge is -2.35. The van der Waals surface area contributed by atoms with Crippen molar-refractivity contribution in [3.8, 4) is 0 Å². The molecule has 15 heavy (non-hydrogen) atoms. The second-order valence-corrected chi connectivity index (χ2v) is 5.50. The summed E-state index contributed by atoms with van der Waals surface area (Å²) in [4.78, 5) is 11.2. The molecule has 0 spiro atoms. The van der Waals surface area contributed by atoms with Crippen molar-refractivity contribution in [3.63, 3.8) is 0 Å². The van der Waals surface area contributed by atoms with Gasteiger partial charge in [-0.1, -0.05) is 0 Å². The van der Waals surface area contributed by atoms with Gasteiger partial charge < -0.3 is 10.5 Å². The lowest BCUT2D eigenvalue weighted by atomic mass is 9.94. The van der Waals surface area contributed by atoms with Crippen molar-refractivity contribution in [1.29, 1.82) is 0 Å². The van der Waals surface area contributed by atoms with E-state index in [4.69, 9.17) is 11.6 Å². The van der Waals surface area contributed by atoms with Crippen LogP contribution in [0.15, 0.2) is 0 Å². The Morgan fingerprint density at radius 2 is 2.07 bits per heavy atom. The highest BCUT2D eigenvalue weighted by atomic mass is 35.5. The molecular formula is C10H19ClN2O2. The minimum absolute atomic E-state index is 0.0432. The third-order valence-corrected chi connectivity index (χ3v) is 3.38. The normalized spacial score (nSPS) is 29.1. The summed E-state index contributed by atoms with van der Waals surface area (Å²) in [5.74, 6) is -0.237. The molecule has 1 aliphatic rings. The zero-order valence-electron chi connectivity index (χ0n) is 9.67. The maximum absolute atomic E-state index is 11.2. The number of amides is 1. The van der Waals surface area contributed by atoms with Crippen LogP contribution in [-0.4, -0.2) is 39.2 Å². The first-order chi connectivity index (χ1) is 6.71. The molecule has 1 saturated heterocycles. The van der Waals surface area contributed by atoms with E-state index in [1.54, 1.807) is 0 Å². The van der Waals surface area contributed by atoms with Crippen molar-refractivity contribution in [2.75, 3.05) is 5.88 Å². The van der Waals surface area contributed by atoms with Gasteiger partial charge in [0.2, 0.25) is 5.91 Å². The summed E-state index contributed by atoms with van der Waals surface area (Å²) < 4.78 is 0. The van der Waals surface area contributed by atoms with Crippen LogP contribution < -0.4 is 5.32 Å². The van der Waals surface area contributed by atoms with Crippen molar-refractivity contribution in [2.24, 2.45) is 0 Å². The molecule has 1 unspecified atom stereocenters. The van der Waals surface area contributed by atoms with Crippen molar-refractivity contribution < 1.29 is 10.0 Å². The number of hydrogen-bond acceptors (Lipinski definition) is 3. The van der Waals surface area contributed by atoms with Crippen LogP contribution in [0.2, 0.25) is 0 Å². The number of carbonyl (C=O) groups is 1. The Labute approximate surface area is 95.5 Å². The average molecular weight is 235 g/mol. The monoisotopic (exact) mass is 234 g/mol. The van der Waals surface area contributed by atoms with E-state index in [1.807, 2.05) is 27.7 Å². The van der Waals surface area contributed by atoms with Crippen LogP contribution >= 0.6 is 11.6 Å². The first-order valence-electron chi connectivity index (χ1n) is 5.06. The molecule has 1 atom stereocenters. The lowest BCUT2D eigenvalue weighted by molar-refractivity contribution is -0.194. The first-order valence-corrected chi connectivity index (χ1v) is 5.60. The van der Waals surface area contributed by atoms with Gasteiger partial charge >= 0.3 is 0 Å². The highest BCUT2D eigenvalue weighted by Crippen LogP contribution is 2.38. The van der Waals surface area contributed by atoms with E-state index in [-0.39, 0.29) is 23.4 Å². The summed E-state index contributed by atoms with van der Waals surface area (Å²) in [5, 5.41) is 14.1. The van der Waals surface area contributed by atoms with E-state index in [2.05, 4.69) is 5.32 Å². The topological polar surface area (TPSA) is 52.6 Å². The highest BCUT2D eigenvalue weighted by molar-refractivity contribution is 6.27. The zero-order valence-corrected chi connectivity index (χ0v) is 10.4. The Kier molecular flexibility index (Phi) is 3.33. The molecule has 1 aliphatic heterocycles. The molecule has 1 amide bonds. The number of nitrogens with zero attached hydrogens (tertiary/aromatic N) is 1. The maximum Gasteiger partial charge on any atom is 0.235 e. The summed E-state index contributed by atoms with van der Waals surface area (Å²) in [7, 11) is 0. The molecule has 2 N–H and O–H groups in total. The van der Waals surface area contributed by atoms with Crippen LogP contribution in [-0.2, 0) is 4.79 Å². The van der Waals surface area contributed by atoms with E-state index < -0.39 is 5.54 Å². The van der Waals surface area contributed by atoms with Crippen molar-refractivity contribution >= 4 is 17.5 Å². The molecule has 0 bridgehead atoms. The molecule has 0 aromatic carbocycles. The second kappa shape index (κ2) is 3.92. The third kappa shape index (κ3) is 2.27. The summed E-state index contributed by atoms with van der Waals surface area (Å²) in [6.07, 6.45) is 0.707. The van der Waals surface area contributed by atoms with Gasteiger partial charge in [-0.05, 0) is 34.1 Å². The predicted molar refractivity (Wildman–Crippen MR) is 59.1 cm³/mol. The molecule has 0 radical (unpaired) electrons. The molecule has 1 rings (SSSR count). The SMILES string of the molecule is CC1(C)CC(NC(=O)CCl)C(C)(C)N1O. The lowest BCUT2D eigenvalue weighted by Crippen LogP contribution is -2.53. The van der Waals surface area contributed by atoms with Gasteiger partial charge in [0.25, 0.3) is 0 Å². The highest BCUT2D eigenvalue weighted by Gasteiger charge is 2.51. The Balaban J connectivity index is 2.80. The molecule has 88 valence electrons. The van der Waals surface area contributed by atoms with Gasteiger partial charge in [-0.25, -0.2) is 0 Å². The molecular weight excluding hydrogens is 216 g/mol. The first kappa shape index (κ1) is 12.7. The number of halogens is 1. The van der Waals surface area contributed by atoms with Gasteiger partial charge in [0.1, 0.15) is 5.88 Å². The number of rotatable bonds is 2. The fraction of sp³-hybridized carbons (Fsp3) is 0.900. The van der Waals surface area contributed by atoms with Crippen LogP contribution in [0.25, 0.3) is 0 Å². The second-order valence-electron chi connectivity index (χ2n) is 5.24. The zero-order chi connectivity index (χ0) is 11.9. The van der Waals surface area contributed by atoms with E-state index in [9.17, 15) is 10.0 Å². The van der Waals surface area contributed by atoms with Crippen molar-refractivity contribution in [2.45, 2.75) is 51.2 Å². The molecule has 1 heterocycles. The minimum atomic E-state index is -0.467. The van der Waals surface area contributed by atoms with Gasteiger partial charge in [-0.15, -0.1) is 11.6 Å². The van der Waals surface area contributed by atoms with Crippen molar-refractivity contribution in [1.82, 2.24) is 10.4 Å². The Morgan fingerprint density at radius 3 is 2.40 bits per heavy atom. The van der Waals surface area contributed by atoms with Crippen LogP contribution in [0.4, 0.5) is 0 Å². The standard InChI is InChI=1S/C10H19ClN2O2/c1-9(2)5-7(12-8(14)6-11)10(3,4)13(9)15/h7,15H,5-6H2,1-4H3,(H,12,14). The fourth-order valence-corrected chi connectivity index (χ4v) is 2.30. The number of hydrogen-bond donors (Lipinski definition) is 2. The van der Waals surface area contributed by atoms with Crippen molar-refractivity contribution in [3.05, 3.63) is 0 Å². The van der Waals surface area contributed by atoms with E-state index in [0.29, 0.717) is 6.42 Å². The number of alkyl halides is 1. The molecule has 0 aromatic rings. The van der Waals surface area contributed by atoms with Crippen LogP contribution in [0, 0.1) is 0 Å². The largest absolute Gasteiger partial charge is 0.350 e. The summed E-state index contributed by atoms with van der Waals surface area (Å²) in [6.45, 7) is 7.70. The molecule has 5 heteroatoms. The van der Waals surface area contributed by atoms with Gasteiger partial charge in [0.05, 0.1) is 11.6 Å². The van der Waals surface area contributed by atoms with Gasteiger partial charge in [0, 0.05) is 5.54 Å². The number of hydroxylamine groups is 2.